The third kappa shape index (κ3) is 1.68. The summed E-state index contributed by atoms with van der Waals surface area (Å²) in [5, 5.41) is 0. The summed E-state index contributed by atoms with van der Waals surface area (Å²) >= 11 is 0. The number of halogens is 3. The van der Waals surface area contributed by atoms with Gasteiger partial charge in [0.1, 0.15) is 0 Å². The zero-order valence-corrected chi connectivity index (χ0v) is 6.72. The monoisotopic (exact) mass is 189 g/mol. The smallest absolute Gasteiger partial charge is 0.268 e. The summed E-state index contributed by atoms with van der Waals surface area (Å²) in [5.74, 6) is -1.22. The molecule has 0 aromatic carbocycles. The van der Waals surface area contributed by atoms with Gasteiger partial charge in [0.15, 0.2) is 6.29 Å². The average molecular weight is 189 g/mol. The summed E-state index contributed by atoms with van der Waals surface area (Å²) in [7, 11) is 0. The van der Waals surface area contributed by atoms with Crippen molar-refractivity contribution in [3.63, 3.8) is 0 Å². The first kappa shape index (κ1) is 9.70. The molecule has 5 heteroatoms. The van der Waals surface area contributed by atoms with Crippen molar-refractivity contribution in [3.05, 3.63) is 28.8 Å². The second-order valence-electron chi connectivity index (χ2n) is 2.46. The summed E-state index contributed by atoms with van der Waals surface area (Å²) < 4.78 is 37.1. The van der Waals surface area contributed by atoms with Crippen molar-refractivity contribution >= 4 is 6.29 Å². The molecular weight excluding hydrogens is 183 g/mol. The molecule has 0 aliphatic heterocycles. The Morgan fingerprint density at radius 2 is 2.15 bits per heavy atom. The van der Waals surface area contributed by atoms with Gasteiger partial charge in [0.25, 0.3) is 6.43 Å². The minimum absolute atomic E-state index is 0.0169. The molecule has 1 aromatic heterocycles. The van der Waals surface area contributed by atoms with Crippen LogP contribution in [0.25, 0.3) is 0 Å². The highest BCUT2D eigenvalue weighted by Gasteiger charge is 2.19. The summed E-state index contributed by atoms with van der Waals surface area (Å²) in [6.07, 6.45) is -1.65. The number of carbonyl (C=O) groups excluding carboxylic acids is 1. The highest BCUT2D eigenvalue weighted by molar-refractivity contribution is 5.77. The Balaban J connectivity index is 3.38. The first-order valence-corrected chi connectivity index (χ1v) is 3.46. The van der Waals surface area contributed by atoms with Gasteiger partial charge >= 0.3 is 0 Å². The molecule has 0 fully saturated rings. The van der Waals surface area contributed by atoms with Gasteiger partial charge < -0.3 is 0 Å². The lowest BCUT2D eigenvalue weighted by molar-refractivity contribution is 0.112. The third-order valence-corrected chi connectivity index (χ3v) is 1.72. The molecule has 1 aromatic rings. The highest BCUT2D eigenvalue weighted by atomic mass is 19.3. The zero-order valence-electron chi connectivity index (χ0n) is 6.72. The number of hydrogen-bond donors (Lipinski definition) is 0. The standard InChI is InChI=1S/C8H6F3NO/c1-4-5(3-13)2-12-8(11)6(4)7(9)10/h2-3,7H,1H3. The lowest BCUT2D eigenvalue weighted by Crippen LogP contribution is -2.02. The second-order valence-corrected chi connectivity index (χ2v) is 2.46. The molecule has 1 heterocycles. The quantitative estimate of drug-likeness (QED) is 0.527. The van der Waals surface area contributed by atoms with Crippen LogP contribution in [-0.4, -0.2) is 11.3 Å². The van der Waals surface area contributed by atoms with Crippen LogP contribution in [0.2, 0.25) is 0 Å². The van der Waals surface area contributed by atoms with Crippen LogP contribution in [0.1, 0.15) is 27.9 Å². The fraction of sp³-hybridized carbons (Fsp3) is 0.250. The van der Waals surface area contributed by atoms with Crippen LogP contribution in [-0.2, 0) is 0 Å². The molecule has 0 unspecified atom stereocenters. The number of rotatable bonds is 2. The zero-order chi connectivity index (χ0) is 10.0. The first-order chi connectivity index (χ1) is 6.07. The molecule has 0 bridgehead atoms. The number of hydrogen-bond acceptors (Lipinski definition) is 2. The molecule has 1 rings (SSSR count). The lowest BCUT2D eigenvalue weighted by Gasteiger charge is -2.06. The normalized spacial score (nSPS) is 10.5. The number of aldehydes is 1. The van der Waals surface area contributed by atoms with Crippen molar-refractivity contribution in [1.29, 1.82) is 0 Å². The van der Waals surface area contributed by atoms with Crippen LogP contribution in [0.3, 0.4) is 0 Å². The molecule has 0 N–H and O–H groups in total. The fourth-order valence-electron chi connectivity index (χ4n) is 0.975. The van der Waals surface area contributed by atoms with E-state index in [4.69, 9.17) is 0 Å². The maximum Gasteiger partial charge on any atom is 0.268 e. The Morgan fingerprint density at radius 3 is 2.62 bits per heavy atom. The Bertz CT molecular complexity index is 338. The van der Waals surface area contributed by atoms with Crippen LogP contribution in [0.5, 0.6) is 0 Å². The first-order valence-electron chi connectivity index (χ1n) is 3.46. The molecule has 0 amide bonds. The minimum Gasteiger partial charge on any atom is -0.298 e. The highest BCUT2D eigenvalue weighted by Crippen LogP contribution is 2.25. The van der Waals surface area contributed by atoms with Gasteiger partial charge in [0.2, 0.25) is 5.95 Å². The summed E-state index contributed by atoms with van der Waals surface area (Å²) in [6, 6.07) is 0. The van der Waals surface area contributed by atoms with E-state index in [0.717, 1.165) is 6.20 Å². The van der Waals surface area contributed by atoms with Gasteiger partial charge in [0.05, 0.1) is 5.56 Å². The van der Waals surface area contributed by atoms with E-state index < -0.39 is 17.9 Å². The molecule has 2 nitrogen and oxygen atoms in total. The molecule has 0 spiro atoms. The predicted octanol–water partition coefficient (Wildman–Crippen LogP) is 2.28. The fourth-order valence-corrected chi connectivity index (χ4v) is 0.975. The molecule has 0 atom stereocenters. The summed E-state index contributed by atoms with van der Waals surface area (Å²) in [5.41, 5.74) is -0.876. The van der Waals surface area contributed by atoms with Crippen LogP contribution >= 0.6 is 0 Å². The molecule has 0 aliphatic rings. The van der Waals surface area contributed by atoms with Gasteiger partial charge in [-0.15, -0.1) is 0 Å². The molecule has 0 aliphatic carbocycles. The molecule has 70 valence electrons. The third-order valence-electron chi connectivity index (χ3n) is 1.72. The number of pyridine rings is 1. The van der Waals surface area contributed by atoms with Crippen molar-refractivity contribution in [1.82, 2.24) is 4.98 Å². The predicted molar refractivity (Wildman–Crippen MR) is 39.3 cm³/mol. The van der Waals surface area contributed by atoms with Gasteiger partial charge in [-0.2, -0.15) is 4.39 Å². The molecule has 13 heavy (non-hydrogen) atoms. The van der Waals surface area contributed by atoms with Crippen LogP contribution in [0.15, 0.2) is 6.20 Å². The Kier molecular flexibility index (Phi) is 2.65. The number of carbonyl (C=O) groups is 1. The number of nitrogens with zero attached hydrogens (tertiary/aromatic N) is 1. The minimum atomic E-state index is -2.95. The topological polar surface area (TPSA) is 30.0 Å². The Labute approximate surface area is 72.4 Å². The number of aromatic nitrogens is 1. The van der Waals surface area contributed by atoms with E-state index in [9.17, 15) is 18.0 Å². The Morgan fingerprint density at radius 1 is 1.54 bits per heavy atom. The van der Waals surface area contributed by atoms with E-state index in [1.807, 2.05) is 0 Å². The van der Waals surface area contributed by atoms with Crippen molar-refractivity contribution in [3.8, 4) is 0 Å². The number of alkyl halides is 2. The Hall–Kier alpha value is -1.39. The van der Waals surface area contributed by atoms with E-state index in [2.05, 4.69) is 4.98 Å². The average Bonchev–Trinajstić information content (AvgIpc) is 2.04. The second kappa shape index (κ2) is 3.55. The van der Waals surface area contributed by atoms with E-state index in [1.54, 1.807) is 0 Å². The van der Waals surface area contributed by atoms with Gasteiger partial charge in [-0.25, -0.2) is 13.8 Å². The van der Waals surface area contributed by atoms with Crippen molar-refractivity contribution < 1.29 is 18.0 Å². The van der Waals surface area contributed by atoms with Crippen molar-refractivity contribution in [2.24, 2.45) is 0 Å². The van der Waals surface area contributed by atoms with E-state index in [1.165, 1.54) is 6.92 Å². The maximum absolute atomic E-state index is 12.7. The SMILES string of the molecule is Cc1c(C=O)cnc(F)c1C(F)F. The van der Waals surface area contributed by atoms with Crippen molar-refractivity contribution in [2.75, 3.05) is 0 Å². The summed E-state index contributed by atoms with van der Waals surface area (Å²) in [6.45, 7) is 1.26. The maximum atomic E-state index is 12.7. The molecule has 0 saturated carbocycles. The molecular formula is C8H6F3NO. The molecule has 0 saturated heterocycles. The van der Waals surface area contributed by atoms with Crippen LogP contribution in [0, 0.1) is 12.9 Å². The van der Waals surface area contributed by atoms with E-state index in [0.29, 0.717) is 6.29 Å². The van der Waals surface area contributed by atoms with Crippen molar-refractivity contribution in [2.45, 2.75) is 13.3 Å². The van der Waals surface area contributed by atoms with Gasteiger partial charge in [-0.1, -0.05) is 0 Å². The van der Waals surface area contributed by atoms with Gasteiger partial charge in [0, 0.05) is 11.8 Å². The lowest BCUT2D eigenvalue weighted by atomic mass is 10.1. The van der Waals surface area contributed by atoms with Crippen LogP contribution in [0.4, 0.5) is 13.2 Å². The van der Waals surface area contributed by atoms with Gasteiger partial charge in [-0.3, -0.25) is 4.79 Å². The van der Waals surface area contributed by atoms with Gasteiger partial charge in [-0.05, 0) is 12.5 Å². The van der Waals surface area contributed by atoms with E-state index >= 15 is 0 Å². The van der Waals surface area contributed by atoms with E-state index in [-0.39, 0.29) is 11.1 Å². The molecule has 0 radical (unpaired) electrons. The van der Waals surface area contributed by atoms with Crippen LogP contribution < -0.4 is 0 Å². The largest absolute Gasteiger partial charge is 0.298 e. The summed E-state index contributed by atoms with van der Waals surface area (Å²) in [4.78, 5) is 13.4.